The van der Waals surface area contributed by atoms with E-state index in [-0.39, 0.29) is 22.9 Å². The van der Waals surface area contributed by atoms with E-state index < -0.39 is 53.5 Å². The highest BCUT2D eigenvalue weighted by molar-refractivity contribution is 7.92. The van der Waals surface area contributed by atoms with E-state index in [0.29, 0.717) is 21.2 Å². The van der Waals surface area contributed by atoms with E-state index >= 15 is 0 Å². The summed E-state index contributed by atoms with van der Waals surface area (Å²) >= 11 is 12.1. The molecule has 0 aliphatic carbocycles. The molecular weight excluding hydrogens is 651 g/mol. The second kappa shape index (κ2) is 12.7. The fraction of sp³-hybridized carbons (Fsp3) is 0.200. The molecule has 1 saturated heterocycles. The van der Waals surface area contributed by atoms with Crippen molar-refractivity contribution in [3.05, 3.63) is 130 Å². The van der Waals surface area contributed by atoms with E-state index in [1.807, 2.05) is 0 Å². The Morgan fingerprint density at radius 3 is 1.21 bits per heavy atom. The highest BCUT2D eigenvalue weighted by atomic mass is 35.5. The molecule has 1 aliphatic rings. The van der Waals surface area contributed by atoms with E-state index in [9.17, 15) is 25.3 Å². The number of hydrogen-bond acceptors (Lipinski definition) is 6. The molecule has 0 N–H and O–H groups in total. The molecule has 43 heavy (non-hydrogen) atoms. The zero-order chi connectivity index (χ0) is 30.8. The number of nitrogens with zero attached hydrogens (tertiary/aromatic N) is 2. The predicted octanol–water partition coefficient (Wildman–Crippen LogP) is 5.24. The standard InChI is InChI=1S/C30H28Cl2N2O6S3/c31-25-11-15-27(16-12-25)42(37,38)33(19-23-7-3-1-4-8-23)29-21-41(35,36)22-30(29)34(20-24-9-5-2-6-10-24)43(39,40)28-17-13-26(32)14-18-28/h1-18,29-30H,19-22H2/t29-,30-/m0/s1. The Kier molecular flexibility index (Phi) is 9.34. The van der Waals surface area contributed by atoms with Crippen molar-refractivity contribution in [3.63, 3.8) is 0 Å². The summed E-state index contributed by atoms with van der Waals surface area (Å²) in [5.74, 6) is -1.11. The minimum atomic E-state index is -4.33. The smallest absolute Gasteiger partial charge is 0.229 e. The van der Waals surface area contributed by atoms with Crippen molar-refractivity contribution in [1.29, 1.82) is 0 Å². The number of sulfonamides is 2. The predicted molar refractivity (Wildman–Crippen MR) is 167 cm³/mol. The number of halogens is 2. The van der Waals surface area contributed by atoms with Crippen molar-refractivity contribution in [2.75, 3.05) is 11.5 Å². The molecule has 13 heteroatoms. The van der Waals surface area contributed by atoms with Crippen molar-refractivity contribution in [2.24, 2.45) is 0 Å². The molecular formula is C30H28Cl2N2O6S3. The van der Waals surface area contributed by atoms with E-state index in [0.717, 1.165) is 8.61 Å². The molecule has 4 aromatic carbocycles. The third-order valence-corrected chi connectivity index (χ3v) is 13.2. The van der Waals surface area contributed by atoms with Crippen LogP contribution in [0.5, 0.6) is 0 Å². The molecule has 0 spiro atoms. The molecule has 1 fully saturated rings. The molecule has 0 radical (unpaired) electrons. The van der Waals surface area contributed by atoms with Crippen LogP contribution in [0.25, 0.3) is 0 Å². The van der Waals surface area contributed by atoms with Gasteiger partial charge in [0.2, 0.25) is 20.0 Å². The SMILES string of the molecule is O=S1(=O)C[C@H](N(Cc2ccccc2)S(=O)(=O)c2ccc(Cl)cc2)[C@@H](N(Cc2ccccc2)S(=O)(=O)c2ccc(Cl)cc2)C1. The summed E-state index contributed by atoms with van der Waals surface area (Å²) in [6, 6.07) is 26.1. The number of rotatable bonds is 10. The van der Waals surface area contributed by atoms with Gasteiger partial charge in [-0.15, -0.1) is 0 Å². The van der Waals surface area contributed by atoms with Crippen molar-refractivity contribution in [3.8, 4) is 0 Å². The van der Waals surface area contributed by atoms with Crippen molar-refractivity contribution >= 4 is 53.1 Å². The maximum absolute atomic E-state index is 14.2. The summed E-state index contributed by atoms with van der Waals surface area (Å²) in [5.41, 5.74) is 1.22. The van der Waals surface area contributed by atoms with Crippen molar-refractivity contribution in [2.45, 2.75) is 35.0 Å². The lowest BCUT2D eigenvalue weighted by molar-refractivity contribution is 0.219. The lowest BCUT2D eigenvalue weighted by atomic mass is 10.1. The van der Waals surface area contributed by atoms with E-state index in [4.69, 9.17) is 23.2 Å². The maximum atomic E-state index is 14.2. The second-order valence-electron chi connectivity index (χ2n) is 10.2. The van der Waals surface area contributed by atoms with Crippen LogP contribution in [-0.2, 0) is 43.0 Å². The van der Waals surface area contributed by atoms with Crippen LogP contribution in [0, 0.1) is 0 Å². The van der Waals surface area contributed by atoms with Crippen LogP contribution in [0.3, 0.4) is 0 Å². The third-order valence-electron chi connectivity index (χ3n) is 7.24. The van der Waals surface area contributed by atoms with Crippen LogP contribution in [0.4, 0.5) is 0 Å². The van der Waals surface area contributed by atoms with Crippen LogP contribution in [0.1, 0.15) is 11.1 Å². The topological polar surface area (TPSA) is 109 Å². The van der Waals surface area contributed by atoms with Gasteiger partial charge in [0, 0.05) is 23.1 Å². The largest absolute Gasteiger partial charge is 0.243 e. The molecule has 0 unspecified atom stereocenters. The Morgan fingerprint density at radius 1 is 0.558 bits per heavy atom. The van der Waals surface area contributed by atoms with E-state index in [1.54, 1.807) is 60.7 Å². The number of benzene rings is 4. The lowest BCUT2D eigenvalue weighted by Crippen LogP contribution is -2.54. The average Bonchev–Trinajstić information content (AvgIpc) is 3.30. The van der Waals surface area contributed by atoms with Crippen LogP contribution >= 0.6 is 23.2 Å². The summed E-state index contributed by atoms with van der Waals surface area (Å²) in [6.07, 6.45) is 0. The minimum Gasteiger partial charge on any atom is -0.229 e. The zero-order valence-corrected chi connectivity index (χ0v) is 26.7. The maximum Gasteiger partial charge on any atom is 0.243 e. The fourth-order valence-corrected chi connectivity index (χ4v) is 10.8. The summed E-state index contributed by atoms with van der Waals surface area (Å²) in [7, 11) is -12.5. The Morgan fingerprint density at radius 2 is 0.884 bits per heavy atom. The Balaban J connectivity index is 1.67. The fourth-order valence-electron chi connectivity index (χ4n) is 5.13. The van der Waals surface area contributed by atoms with Gasteiger partial charge in [0.1, 0.15) is 0 Å². The summed E-state index contributed by atoms with van der Waals surface area (Å²) in [5, 5.41) is 0.663. The van der Waals surface area contributed by atoms with Crippen LogP contribution < -0.4 is 0 Å². The van der Waals surface area contributed by atoms with Crippen LogP contribution in [-0.4, -0.2) is 57.5 Å². The lowest BCUT2D eigenvalue weighted by Gasteiger charge is -2.36. The zero-order valence-electron chi connectivity index (χ0n) is 22.7. The highest BCUT2D eigenvalue weighted by Gasteiger charge is 2.50. The quantitative estimate of drug-likeness (QED) is 0.227. The summed E-state index contributed by atoms with van der Waals surface area (Å²) in [6.45, 7) is -0.356. The van der Waals surface area contributed by atoms with Crippen LogP contribution in [0.2, 0.25) is 10.0 Å². The van der Waals surface area contributed by atoms with Gasteiger partial charge < -0.3 is 0 Å². The molecule has 0 saturated carbocycles. The molecule has 0 amide bonds. The number of sulfone groups is 1. The summed E-state index contributed by atoms with van der Waals surface area (Å²) < 4.78 is 85.8. The van der Waals surface area contributed by atoms with E-state index in [1.165, 1.54) is 48.5 Å². The first kappa shape index (κ1) is 31.6. The first-order valence-electron chi connectivity index (χ1n) is 13.2. The van der Waals surface area contributed by atoms with Gasteiger partial charge in [-0.2, -0.15) is 8.61 Å². The molecule has 0 aromatic heterocycles. The second-order valence-corrected chi connectivity index (χ2v) is 17.0. The first-order valence-corrected chi connectivity index (χ1v) is 18.7. The minimum absolute atomic E-state index is 0.0916. The Bertz CT molecular complexity index is 1760. The highest BCUT2D eigenvalue weighted by Crippen LogP contribution is 2.34. The molecule has 1 heterocycles. The Hall–Kier alpha value is -2.77. The Labute approximate surface area is 262 Å². The number of hydrogen-bond donors (Lipinski definition) is 0. The van der Waals surface area contributed by atoms with Gasteiger partial charge in [-0.25, -0.2) is 25.3 Å². The van der Waals surface area contributed by atoms with Gasteiger partial charge in [0.25, 0.3) is 0 Å². The third kappa shape index (κ3) is 7.15. The van der Waals surface area contributed by atoms with Gasteiger partial charge in [0.05, 0.1) is 33.4 Å². The van der Waals surface area contributed by atoms with Crippen molar-refractivity contribution < 1.29 is 25.3 Å². The van der Waals surface area contributed by atoms with Gasteiger partial charge in [-0.3, -0.25) is 0 Å². The van der Waals surface area contributed by atoms with E-state index in [2.05, 4.69) is 0 Å². The molecule has 8 nitrogen and oxygen atoms in total. The van der Waals surface area contributed by atoms with Gasteiger partial charge >= 0.3 is 0 Å². The molecule has 2 atom stereocenters. The van der Waals surface area contributed by atoms with Crippen molar-refractivity contribution in [1.82, 2.24) is 8.61 Å². The van der Waals surface area contributed by atoms with Gasteiger partial charge in [-0.1, -0.05) is 83.9 Å². The van der Waals surface area contributed by atoms with Gasteiger partial charge in [0.15, 0.2) is 9.84 Å². The molecule has 226 valence electrons. The van der Waals surface area contributed by atoms with Crippen LogP contribution in [0.15, 0.2) is 119 Å². The monoisotopic (exact) mass is 678 g/mol. The first-order chi connectivity index (χ1) is 20.4. The normalized spacial score (nSPS) is 18.7. The van der Waals surface area contributed by atoms with Gasteiger partial charge in [-0.05, 0) is 59.7 Å². The summed E-state index contributed by atoms with van der Waals surface area (Å²) in [4.78, 5) is -0.183. The molecule has 4 aromatic rings. The molecule has 0 bridgehead atoms. The molecule has 1 aliphatic heterocycles. The molecule has 5 rings (SSSR count). The average molecular weight is 680 g/mol.